The lowest BCUT2D eigenvalue weighted by molar-refractivity contribution is -0.0440. The van der Waals surface area contributed by atoms with Crippen LogP contribution in [-0.2, 0) is 21.2 Å². The van der Waals surface area contributed by atoms with Gasteiger partial charge in [-0.1, -0.05) is 6.92 Å². The Bertz CT molecular complexity index is 605. The van der Waals surface area contributed by atoms with Gasteiger partial charge in [0.25, 0.3) is 0 Å². The monoisotopic (exact) mass is 327 g/mol. The van der Waals surface area contributed by atoms with Gasteiger partial charge >= 0.3 is 0 Å². The highest BCUT2D eigenvalue weighted by molar-refractivity contribution is 7.89. The van der Waals surface area contributed by atoms with Crippen LogP contribution in [0, 0.1) is 0 Å². The quantitative estimate of drug-likeness (QED) is 0.833. The van der Waals surface area contributed by atoms with Gasteiger partial charge in [-0.2, -0.15) is 4.31 Å². The minimum atomic E-state index is -3.49. The average molecular weight is 327 g/mol. The Balaban J connectivity index is 2.33. The summed E-state index contributed by atoms with van der Waals surface area (Å²) in [4.78, 5) is 0.328. The number of hydrogen-bond acceptors (Lipinski definition) is 4. The number of morpholine rings is 1. The van der Waals surface area contributed by atoms with Crippen LogP contribution in [-0.4, -0.2) is 44.6 Å². The first-order valence-electron chi connectivity index (χ1n) is 7.79. The summed E-state index contributed by atoms with van der Waals surface area (Å²) in [5.74, 6) is 0.757. The van der Waals surface area contributed by atoms with E-state index in [2.05, 4.69) is 0 Å². The van der Waals surface area contributed by atoms with Crippen LogP contribution < -0.4 is 4.74 Å². The van der Waals surface area contributed by atoms with Crippen molar-refractivity contribution in [1.29, 1.82) is 0 Å². The van der Waals surface area contributed by atoms with E-state index in [1.54, 1.807) is 18.2 Å². The molecule has 1 aliphatic rings. The molecule has 0 aliphatic carbocycles. The Morgan fingerprint density at radius 3 is 2.41 bits per heavy atom. The number of benzene rings is 1. The Morgan fingerprint density at radius 1 is 1.23 bits per heavy atom. The summed E-state index contributed by atoms with van der Waals surface area (Å²) in [5, 5.41) is 0. The van der Waals surface area contributed by atoms with Crippen LogP contribution >= 0.6 is 0 Å². The fraction of sp³-hybridized carbons (Fsp3) is 0.625. The van der Waals surface area contributed by atoms with Crippen LogP contribution in [0.25, 0.3) is 0 Å². The molecule has 1 saturated heterocycles. The van der Waals surface area contributed by atoms with Crippen molar-refractivity contribution in [1.82, 2.24) is 4.31 Å². The van der Waals surface area contributed by atoms with Crippen molar-refractivity contribution < 1.29 is 17.9 Å². The Kier molecular flexibility index (Phi) is 5.47. The van der Waals surface area contributed by atoms with Crippen LogP contribution in [0.1, 0.15) is 33.3 Å². The second-order valence-electron chi connectivity index (χ2n) is 5.64. The van der Waals surface area contributed by atoms with Crippen molar-refractivity contribution in [2.24, 2.45) is 0 Å². The number of aryl methyl sites for hydroxylation is 1. The highest BCUT2D eigenvalue weighted by Gasteiger charge is 2.32. The molecule has 0 bridgehead atoms. The van der Waals surface area contributed by atoms with Crippen molar-refractivity contribution in [3.8, 4) is 5.75 Å². The molecule has 22 heavy (non-hydrogen) atoms. The zero-order chi connectivity index (χ0) is 16.3. The summed E-state index contributed by atoms with van der Waals surface area (Å²) in [7, 11) is -3.49. The second-order valence-corrected chi connectivity index (χ2v) is 7.57. The smallest absolute Gasteiger partial charge is 0.243 e. The molecule has 0 N–H and O–H groups in total. The summed E-state index contributed by atoms with van der Waals surface area (Å²) < 4.78 is 38.4. The topological polar surface area (TPSA) is 55.8 Å². The van der Waals surface area contributed by atoms with Crippen molar-refractivity contribution in [2.45, 2.75) is 51.2 Å². The number of nitrogens with zero attached hydrogens (tertiary/aromatic N) is 1. The van der Waals surface area contributed by atoms with Gasteiger partial charge in [0.15, 0.2) is 0 Å². The molecule has 2 rings (SSSR count). The van der Waals surface area contributed by atoms with Crippen LogP contribution in [0.4, 0.5) is 0 Å². The molecule has 1 heterocycles. The minimum absolute atomic E-state index is 0.0909. The molecule has 0 saturated carbocycles. The Hall–Kier alpha value is -1.11. The summed E-state index contributed by atoms with van der Waals surface area (Å²) in [6, 6.07) is 5.11. The van der Waals surface area contributed by atoms with E-state index in [0.29, 0.717) is 24.6 Å². The standard InChI is InChI=1S/C16H25NO4S/c1-5-14-9-15(7-8-16(14)20-6-2)22(18,19)17-10-12(3)21-13(4)11-17/h7-9,12-13H,5-6,10-11H2,1-4H3/t12-,13-/m1/s1. The van der Waals surface area contributed by atoms with Crippen molar-refractivity contribution >= 4 is 10.0 Å². The molecule has 2 atom stereocenters. The van der Waals surface area contributed by atoms with Crippen LogP contribution in [0.15, 0.2) is 23.1 Å². The average Bonchev–Trinajstić information content (AvgIpc) is 2.46. The van der Waals surface area contributed by atoms with Gasteiger partial charge in [-0.25, -0.2) is 8.42 Å². The first-order chi connectivity index (χ1) is 10.4. The van der Waals surface area contributed by atoms with Crippen molar-refractivity contribution in [3.63, 3.8) is 0 Å². The molecule has 5 nitrogen and oxygen atoms in total. The first-order valence-corrected chi connectivity index (χ1v) is 9.23. The van der Waals surface area contributed by atoms with Gasteiger partial charge in [0.1, 0.15) is 5.75 Å². The van der Waals surface area contributed by atoms with Crippen LogP contribution in [0.3, 0.4) is 0 Å². The molecule has 1 aromatic carbocycles. The molecule has 0 spiro atoms. The third-order valence-corrected chi connectivity index (χ3v) is 5.56. The van der Waals surface area contributed by atoms with Gasteiger partial charge < -0.3 is 9.47 Å². The van der Waals surface area contributed by atoms with Gasteiger partial charge in [-0.05, 0) is 51.0 Å². The van der Waals surface area contributed by atoms with Gasteiger partial charge in [0.05, 0.1) is 23.7 Å². The maximum atomic E-state index is 12.8. The van der Waals surface area contributed by atoms with E-state index in [9.17, 15) is 8.42 Å². The second kappa shape index (κ2) is 6.98. The highest BCUT2D eigenvalue weighted by atomic mass is 32.2. The fourth-order valence-electron chi connectivity index (χ4n) is 2.76. The summed E-state index contributed by atoms with van der Waals surface area (Å²) in [5.41, 5.74) is 0.914. The number of hydrogen-bond donors (Lipinski definition) is 0. The summed E-state index contributed by atoms with van der Waals surface area (Å²) in [6.07, 6.45) is 0.549. The van der Waals surface area contributed by atoms with E-state index < -0.39 is 10.0 Å². The molecule has 6 heteroatoms. The number of ether oxygens (including phenoxy) is 2. The van der Waals surface area contributed by atoms with E-state index >= 15 is 0 Å². The van der Waals surface area contributed by atoms with E-state index in [0.717, 1.165) is 17.7 Å². The minimum Gasteiger partial charge on any atom is -0.494 e. The zero-order valence-electron chi connectivity index (χ0n) is 13.7. The molecule has 0 radical (unpaired) electrons. The molecule has 0 unspecified atom stereocenters. The Labute approximate surface area is 133 Å². The molecular formula is C16H25NO4S. The lowest BCUT2D eigenvalue weighted by Gasteiger charge is -2.34. The van der Waals surface area contributed by atoms with Crippen LogP contribution in [0.2, 0.25) is 0 Å². The lowest BCUT2D eigenvalue weighted by Crippen LogP contribution is -2.48. The largest absolute Gasteiger partial charge is 0.494 e. The van der Waals surface area contributed by atoms with E-state index in [1.807, 2.05) is 27.7 Å². The van der Waals surface area contributed by atoms with Crippen molar-refractivity contribution in [3.05, 3.63) is 23.8 Å². The molecule has 124 valence electrons. The van der Waals surface area contributed by atoms with E-state index in [4.69, 9.17) is 9.47 Å². The molecule has 0 aromatic heterocycles. The van der Waals surface area contributed by atoms with Gasteiger partial charge in [0.2, 0.25) is 10.0 Å². The molecule has 0 amide bonds. The van der Waals surface area contributed by atoms with E-state index in [-0.39, 0.29) is 12.2 Å². The van der Waals surface area contributed by atoms with Gasteiger partial charge in [0, 0.05) is 13.1 Å². The molecule has 1 fully saturated rings. The molecule has 1 aliphatic heterocycles. The van der Waals surface area contributed by atoms with Crippen LogP contribution in [0.5, 0.6) is 5.75 Å². The lowest BCUT2D eigenvalue weighted by atomic mass is 10.1. The van der Waals surface area contributed by atoms with Crippen molar-refractivity contribution in [2.75, 3.05) is 19.7 Å². The maximum absolute atomic E-state index is 12.8. The van der Waals surface area contributed by atoms with Gasteiger partial charge in [-0.3, -0.25) is 0 Å². The fourth-order valence-corrected chi connectivity index (χ4v) is 4.41. The first kappa shape index (κ1) is 17.2. The predicted molar refractivity (Wildman–Crippen MR) is 85.8 cm³/mol. The SMILES string of the molecule is CCOc1ccc(S(=O)(=O)N2C[C@@H](C)O[C@H](C)C2)cc1CC. The third kappa shape index (κ3) is 3.62. The number of rotatable bonds is 5. The maximum Gasteiger partial charge on any atom is 0.243 e. The third-order valence-electron chi connectivity index (χ3n) is 3.74. The van der Waals surface area contributed by atoms with E-state index in [1.165, 1.54) is 4.31 Å². The molecular weight excluding hydrogens is 302 g/mol. The Morgan fingerprint density at radius 2 is 1.86 bits per heavy atom. The predicted octanol–water partition coefficient (Wildman–Crippen LogP) is 2.45. The highest BCUT2D eigenvalue weighted by Crippen LogP contribution is 2.27. The number of sulfonamides is 1. The molecule has 1 aromatic rings. The summed E-state index contributed by atoms with van der Waals surface area (Å²) in [6.45, 7) is 9.05. The zero-order valence-corrected chi connectivity index (χ0v) is 14.5. The summed E-state index contributed by atoms with van der Waals surface area (Å²) >= 11 is 0. The van der Waals surface area contributed by atoms with Gasteiger partial charge in [-0.15, -0.1) is 0 Å². The normalized spacial score (nSPS) is 23.5.